The van der Waals surface area contributed by atoms with Crippen LogP contribution < -0.4 is 0 Å². The molecule has 0 atom stereocenters. The molecule has 0 bridgehead atoms. The van der Waals surface area contributed by atoms with Crippen molar-refractivity contribution in [3.8, 4) is 5.75 Å². The van der Waals surface area contributed by atoms with Crippen LogP contribution in [-0.2, 0) is 17.6 Å². The van der Waals surface area contributed by atoms with Crippen LogP contribution >= 0.6 is 15.9 Å². The number of aryl methyl sites for hydroxylation is 2. The summed E-state index contributed by atoms with van der Waals surface area (Å²) in [6, 6.07) is 7.80. The number of hydrogen-bond donors (Lipinski definition) is 1. The van der Waals surface area contributed by atoms with Crippen molar-refractivity contribution in [1.29, 1.82) is 0 Å². The van der Waals surface area contributed by atoms with Crippen LogP contribution in [0.4, 0.5) is 0 Å². The SMILES string of the molecule is C=C.CC.CC.CC(=O)N1CCC(=C2c3ccc(O)cc3CCc3cc(Br)cnc32)CC1. The fourth-order valence-corrected chi connectivity index (χ4v) is 4.40. The first kappa shape index (κ1) is 27.6. The second-order valence-electron chi connectivity index (χ2n) is 6.99. The summed E-state index contributed by atoms with van der Waals surface area (Å²) < 4.78 is 0.987. The van der Waals surface area contributed by atoms with E-state index in [4.69, 9.17) is 4.98 Å². The van der Waals surface area contributed by atoms with Gasteiger partial charge in [0.05, 0.1) is 5.69 Å². The molecule has 1 aromatic heterocycles. The molecule has 174 valence electrons. The number of phenolic OH excluding ortho intramolecular Hbond substituents is 1. The van der Waals surface area contributed by atoms with Crippen molar-refractivity contribution in [3.05, 3.63) is 76.1 Å². The molecule has 0 spiro atoms. The van der Waals surface area contributed by atoms with Gasteiger partial charge in [0.15, 0.2) is 0 Å². The van der Waals surface area contributed by atoms with E-state index in [0.29, 0.717) is 5.75 Å². The van der Waals surface area contributed by atoms with Gasteiger partial charge in [0, 0.05) is 36.3 Å². The number of nitrogens with zero attached hydrogens (tertiary/aromatic N) is 2. The minimum atomic E-state index is 0.141. The standard InChI is InChI=1S/C21H21BrN2O2.2C2H6.C2H4/c1-13(25)24-8-6-14(7-9-24)20-19-5-4-18(26)11-15(19)2-3-16-10-17(22)12-23-21(16)20;3*1-2/h4-5,10-12,26H,2-3,6-9H2,1H3;2*1-2H3;1-2H2. The smallest absolute Gasteiger partial charge is 0.219 e. The Balaban J connectivity index is 0.000000789. The summed E-state index contributed by atoms with van der Waals surface area (Å²) >= 11 is 3.54. The molecule has 1 aromatic carbocycles. The Kier molecular flexibility index (Phi) is 12.0. The van der Waals surface area contributed by atoms with E-state index in [9.17, 15) is 9.90 Å². The molecule has 1 aliphatic heterocycles. The quantitative estimate of drug-likeness (QED) is 0.398. The number of phenols is 1. The Labute approximate surface area is 202 Å². The monoisotopic (exact) mass is 500 g/mol. The number of likely N-dealkylation sites (tertiary alicyclic amines) is 1. The Morgan fingerprint density at radius 3 is 2.19 bits per heavy atom. The summed E-state index contributed by atoms with van der Waals surface area (Å²) in [5.41, 5.74) is 7.16. The number of halogens is 1. The van der Waals surface area contributed by atoms with Gasteiger partial charge in [-0.2, -0.15) is 0 Å². The summed E-state index contributed by atoms with van der Waals surface area (Å²) in [6.45, 7) is 17.1. The molecule has 1 saturated heterocycles. The zero-order valence-corrected chi connectivity index (χ0v) is 21.8. The van der Waals surface area contributed by atoms with Crippen molar-refractivity contribution in [2.24, 2.45) is 0 Å². The molecule has 1 aliphatic carbocycles. The first-order valence-electron chi connectivity index (χ1n) is 11.5. The number of amides is 1. The Morgan fingerprint density at radius 2 is 1.59 bits per heavy atom. The topological polar surface area (TPSA) is 53.4 Å². The second-order valence-corrected chi connectivity index (χ2v) is 7.90. The summed E-state index contributed by atoms with van der Waals surface area (Å²) in [6.07, 6.45) is 5.37. The van der Waals surface area contributed by atoms with E-state index in [-0.39, 0.29) is 5.91 Å². The lowest BCUT2D eigenvalue weighted by atomic mass is 9.88. The molecular formula is C27H37BrN2O2. The first-order valence-corrected chi connectivity index (χ1v) is 12.3. The van der Waals surface area contributed by atoms with E-state index in [1.165, 1.54) is 22.3 Å². The lowest BCUT2D eigenvalue weighted by molar-refractivity contribution is -0.129. The summed E-state index contributed by atoms with van der Waals surface area (Å²) in [4.78, 5) is 18.3. The number of piperidine rings is 1. The molecule has 4 nitrogen and oxygen atoms in total. The normalized spacial score (nSPS) is 14.1. The number of hydrogen-bond acceptors (Lipinski definition) is 3. The minimum absolute atomic E-state index is 0.141. The van der Waals surface area contributed by atoms with Gasteiger partial charge in [-0.25, -0.2) is 0 Å². The van der Waals surface area contributed by atoms with Crippen LogP contribution in [0.25, 0.3) is 5.57 Å². The molecule has 5 heteroatoms. The van der Waals surface area contributed by atoms with Crippen LogP contribution in [0.15, 0.2) is 53.7 Å². The second kappa shape index (κ2) is 13.9. The number of carbonyl (C=O) groups excluding carboxylic acids is 1. The highest BCUT2D eigenvalue weighted by atomic mass is 79.9. The summed E-state index contributed by atoms with van der Waals surface area (Å²) in [5, 5.41) is 9.95. The third-order valence-electron chi connectivity index (χ3n) is 5.36. The van der Waals surface area contributed by atoms with Gasteiger partial charge in [0.1, 0.15) is 5.75 Å². The number of aromatic hydroxyl groups is 1. The summed E-state index contributed by atoms with van der Waals surface area (Å²) in [5.74, 6) is 0.447. The number of benzene rings is 1. The maximum atomic E-state index is 11.7. The van der Waals surface area contributed by atoms with E-state index in [0.717, 1.165) is 54.5 Å². The van der Waals surface area contributed by atoms with E-state index in [2.05, 4.69) is 35.2 Å². The Bertz CT molecular complexity index is 872. The zero-order valence-electron chi connectivity index (χ0n) is 20.2. The molecule has 2 heterocycles. The number of aromatic nitrogens is 1. The molecule has 0 unspecified atom stereocenters. The van der Waals surface area contributed by atoms with Crippen molar-refractivity contribution < 1.29 is 9.90 Å². The van der Waals surface area contributed by atoms with Crippen molar-refractivity contribution in [2.75, 3.05) is 13.1 Å². The first-order chi connectivity index (χ1) is 15.5. The number of rotatable bonds is 0. The van der Waals surface area contributed by atoms with Crippen molar-refractivity contribution in [3.63, 3.8) is 0 Å². The number of carbonyl (C=O) groups is 1. The van der Waals surface area contributed by atoms with E-state index in [1.807, 2.05) is 50.9 Å². The largest absolute Gasteiger partial charge is 0.508 e. The van der Waals surface area contributed by atoms with Gasteiger partial charge in [0.25, 0.3) is 0 Å². The van der Waals surface area contributed by atoms with Crippen molar-refractivity contribution >= 4 is 27.4 Å². The molecule has 1 fully saturated rings. The Hall–Kier alpha value is -2.40. The van der Waals surface area contributed by atoms with Crippen LogP contribution in [0.2, 0.25) is 0 Å². The molecule has 32 heavy (non-hydrogen) atoms. The maximum absolute atomic E-state index is 11.7. The maximum Gasteiger partial charge on any atom is 0.219 e. The van der Waals surface area contributed by atoms with Crippen molar-refractivity contribution in [2.45, 2.75) is 60.3 Å². The third kappa shape index (κ3) is 6.55. The highest BCUT2D eigenvalue weighted by Gasteiger charge is 2.26. The van der Waals surface area contributed by atoms with Gasteiger partial charge in [-0.1, -0.05) is 39.3 Å². The highest BCUT2D eigenvalue weighted by molar-refractivity contribution is 9.10. The molecule has 2 aromatic rings. The van der Waals surface area contributed by atoms with Crippen LogP contribution in [0.1, 0.15) is 69.8 Å². The van der Waals surface area contributed by atoms with Crippen LogP contribution in [0, 0.1) is 0 Å². The van der Waals surface area contributed by atoms with Gasteiger partial charge in [-0.15, -0.1) is 13.2 Å². The molecule has 4 rings (SSSR count). The molecule has 0 saturated carbocycles. The number of fused-ring (bicyclic) bond motifs is 2. The van der Waals surface area contributed by atoms with Gasteiger partial charge in [-0.05, 0) is 76.5 Å². The molecular weight excluding hydrogens is 464 g/mol. The highest BCUT2D eigenvalue weighted by Crippen LogP contribution is 2.39. The average molecular weight is 502 g/mol. The lowest BCUT2D eigenvalue weighted by Crippen LogP contribution is -2.34. The van der Waals surface area contributed by atoms with Crippen molar-refractivity contribution in [1.82, 2.24) is 9.88 Å². The fraction of sp³-hybridized carbons (Fsp3) is 0.407. The molecule has 1 N–H and O–H groups in total. The number of pyridine rings is 1. The van der Waals surface area contributed by atoms with E-state index in [1.54, 1.807) is 13.0 Å². The van der Waals surface area contributed by atoms with Gasteiger partial charge in [0.2, 0.25) is 5.91 Å². The predicted octanol–water partition coefficient (Wildman–Crippen LogP) is 6.95. The summed E-state index contributed by atoms with van der Waals surface area (Å²) in [7, 11) is 0. The predicted molar refractivity (Wildman–Crippen MR) is 139 cm³/mol. The minimum Gasteiger partial charge on any atom is -0.508 e. The lowest BCUT2D eigenvalue weighted by Gasteiger charge is -2.29. The molecule has 1 amide bonds. The fourth-order valence-electron chi connectivity index (χ4n) is 4.02. The molecule has 2 aliphatic rings. The van der Waals surface area contributed by atoms with Gasteiger partial charge >= 0.3 is 0 Å². The van der Waals surface area contributed by atoms with Gasteiger partial charge in [-0.3, -0.25) is 9.78 Å². The third-order valence-corrected chi connectivity index (χ3v) is 5.79. The van der Waals surface area contributed by atoms with E-state index >= 15 is 0 Å². The van der Waals surface area contributed by atoms with E-state index < -0.39 is 0 Å². The van der Waals surface area contributed by atoms with Crippen LogP contribution in [0.3, 0.4) is 0 Å². The average Bonchev–Trinajstić information content (AvgIpc) is 2.99. The molecule has 0 radical (unpaired) electrons. The zero-order chi connectivity index (χ0) is 24.3. The van der Waals surface area contributed by atoms with Crippen LogP contribution in [0.5, 0.6) is 5.75 Å². The van der Waals surface area contributed by atoms with Gasteiger partial charge < -0.3 is 10.0 Å². The van der Waals surface area contributed by atoms with Crippen LogP contribution in [-0.4, -0.2) is 34.0 Å². The Morgan fingerprint density at radius 1 is 1.00 bits per heavy atom.